The number of imide groups is 1. The summed E-state index contributed by atoms with van der Waals surface area (Å²) in [6.45, 7) is 1.20. The summed E-state index contributed by atoms with van der Waals surface area (Å²) in [7, 11) is -6.43. The van der Waals surface area contributed by atoms with Crippen molar-refractivity contribution < 1.29 is 59.3 Å². The normalized spacial score (nSPS) is 19.0. The topological polar surface area (TPSA) is 144 Å². The number of carbonyl (C=O) groups excluding carboxylic acids is 3. The van der Waals surface area contributed by atoms with E-state index in [1.54, 1.807) is 0 Å². The highest BCUT2D eigenvalue weighted by atomic mass is 32.2. The van der Waals surface area contributed by atoms with Gasteiger partial charge in [0.05, 0.1) is 16.7 Å². The molecule has 0 bridgehead atoms. The van der Waals surface area contributed by atoms with E-state index in [1.807, 2.05) is 0 Å². The van der Waals surface area contributed by atoms with Crippen LogP contribution in [0, 0.1) is 5.82 Å². The quantitative estimate of drug-likeness (QED) is 0.254. The fourth-order valence-corrected chi connectivity index (χ4v) is 4.18. The number of halogens is 4. The number of hydroxylamine groups is 2. The van der Waals surface area contributed by atoms with Gasteiger partial charge in [0, 0.05) is 5.56 Å². The second-order valence-corrected chi connectivity index (χ2v) is 9.60. The van der Waals surface area contributed by atoms with Crippen LogP contribution in [0.25, 0.3) is 11.6 Å². The molecule has 10 nitrogen and oxygen atoms in total. The molecular formula is C23H13F4NO9S. The van der Waals surface area contributed by atoms with Crippen LogP contribution in [-0.2, 0) is 23.9 Å². The molecule has 1 heterocycles. The van der Waals surface area contributed by atoms with Crippen LogP contribution in [0.3, 0.4) is 0 Å². The number of benzene rings is 2. The number of carboxylic acid groups (broad SMARTS) is 1. The fraction of sp³-hybridized carbons (Fsp3) is 0.130. The molecule has 0 radical (unpaired) electrons. The third-order valence-electron chi connectivity index (χ3n) is 5.44. The number of nitrogens with zero attached hydrogens (tertiary/aromatic N) is 1. The van der Waals surface area contributed by atoms with Gasteiger partial charge in [0.2, 0.25) is 0 Å². The maximum Gasteiger partial charge on any atom is 0.525 e. The summed E-state index contributed by atoms with van der Waals surface area (Å²) in [5, 5.41) is 8.71. The van der Waals surface area contributed by atoms with Gasteiger partial charge in [0.25, 0.3) is 11.8 Å². The summed E-state index contributed by atoms with van der Waals surface area (Å²) < 4.78 is 85.0. The van der Waals surface area contributed by atoms with Crippen LogP contribution >= 0.6 is 0 Å². The molecular weight excluding hydrogens is 542 g/mol. The third-order valence-corrected chi connectivity index (χ3v) is 6.35. The smallest absolute Gasteiger partial charge is 0.478 e. The van der Waals surface area contributed by atoms with E-state index >= 15 is 0 Å². The zero-order valence-corrected chi connectivity index (χ0v) is 19.6. The van der Waals surface area contributed by atoms with E-state index in [9.17, 15) is 50.3 Å². The first-order valence-corrected chi connectivity index (χ1v) is 11.7. The molecule has 4 rings (SSSR count). The lowest BCUT2D eigenvalue weighted by molar-refractivity contribution is -0.144. The Labute approximate surface area is 210 Å². The van der Waals surface area contributed by atoms with Crippen molar-refractivity contribution >= 4 is 45.5 Å². The van der Waals surface area contributed by atoms with E-state index in [0.29, 0.717) is 0 Å². The van der Waals surface area contributed by atoms with Gasteiger partial charge in [-0.3, -0.25) is 9.59 Å². The Balaban J connectivity index is 1.81. The number of carboxylic acids is 1. The zero-order valence-electron chi connectivity index (χ0n) is 18.8. The van der Waals surface area contributed by atoms with Crippen molar-refractivity contribution in [1.29, 1.82) is 0 Å². The highest BCUT2D eigenvalue weighted by Crippen LogP contribution is 2.39. The molecule has 1 aliphatic heterocycles. The molecule has 1 N–H and O–H groups in total. The van der Waals surface area contributed by atoms with Crippen molar-refractivity contribution in [2.75, 3.05) is 0 Å². The van der Waals surface area contributed by atoms with Gasteiger partial charge in [-0.1, -0.05) is 24.3 Å². The predicted octanol–water partition coefficient (Wildman–Crippen LogP) is 3.31. The second kappa shape index (κ2) is 8.88. The van der Waals surface area contributed by atoms with Crippen molar-refractivity contribution in [1.82, 2.24) is 5.06 Å². The summed E-state index contributed by atoms with van der Waals surface area (Å²) in [6, 6.07) is 6.63. The summed E-state index contributed by atoms with van der Waals surface area (Å²) in [6.07, 6.45) is 3.42. The minimum atomic E-state index is -6.43. The molecule has 1 atom stereocenters. The number of alkyl halides is 3. The van der Waals surface area contributed by atoms with Crippen LogP contribution in [0.4, 0.5) is 17.6 Å². The third kappa shape index (κ3) is 4.45. The first kappa shape index (κ1) is 26.7. The van der Waals surface area contributed by atoms with Gasteiger partial charge in [0.1, 0.15) is 17.0 Å². The Bertz CT molecular complexity index is 1590. The van der Waals surface area contributed by atoms with E-state index in [0.717, 1.165) is 30.3 Å². The van der Waals surface area contributed by atoms with Crippen LogP contribution < -0.4 is 0 Å². The molecule has 0 aromatic heterocycles. The van der Waals surface area contributed by atoms with Crippen LogP contribution in [0.15, 0.2) is 48.6 Å². The van der Waals surface area contributed by atoms with Crippen LogP contribution in [0.2, 0.25) is 0 Å². The van der Waals surface area contributed by atoms with Crippen molar-refractivity contribution in [2.45, 2.75) is 18.0 Å². The molecule has 0 spiro atoms. The molecule has 1 unspecified atom stereocenters. The number of aromatic carboxylic acids is 1. The molecule has 1 aliphatic carbocycles. The lowest BCUT2D eigenvalue weighted by atomic mass is 9.89. The second-order valence-electron chi connectivity index (χ2n) is 8.08. The number of esters is 1. The predicted molar refractivity (Wildman–Crippen MR) is 118 cm³/mol. The summed E-state index contributed by atoms with van der Waals surface area (Å²) in [5.74, 6) is -7.47. The van der Waals surface area contributed by atoms with Crippen LogP contribution in [0.1, 0.15) is 49.1 Å². The average Bonchev–Trinajstić information content (AvgIpc) is 2.96. The van der Waals surface area contributed by atoms with Gasteiger partial charge in [0.15, 0.2) is 0 Å². The van der Waals surface area contributed by atoms with Gasteiger partial charge in [-0.15, -0.1) is 9.35 Å². The van der Waals surface area contributed by atoms with Crippen LogP contribution in [0.5, 0.6) is 0 Å². The van der Waals surface area contributed by atoms with Crippen molar-refractivity contribution in [2.24, 2.45) is 0 Å². The average molecular weight is 555 g/mol. The number of rotatable bonds is 5. The highest BCUT2D eigenvalue weighted by molar-refractivity contribution is 7.87. The van der Waals surface area contributed by atoms with Crippen molar-refractivity contribution in [3.8, 4) is 0 Å². The number of hydrogen-bond donors (Lipinski definition) is 1. The minimum absolute atomic E-state index is 0.111. The number of hydrogen-bond acceptors (Lipinski definition) is 8. The molecule has 0 saturated carbocycles. The van der Waals surface area contributed by atoms with E-state index in [4.69, 9.17) is 4.74 Å². The van der Waals surface area contributed by atoms with E-state index in [1.165, 1.54) is 31.2 Å². The van der Waals surface area contributed by atoms with E-state index in [-0.39, 0.29) is 11.1 Å². The molecule has 2 aromatic rings. The standard InChI is InChI=1S/C23H13F4NO9S/c1-22(36-21(33)13-6-3-7-15(24)17(13)20(31)32)9-8-11-4-2-5-12-16(11)14(10-22)19(30)28(18(12)29)37-38(34,35)23(25,26)27/h2-10H,1H3,(H,31,32). The maximum atomic E-state index is 14.1. The number of amides is 2. The Morgan fingerprint density at radius 2 is 1.71 bits per heavy atom. The molecule has 0 saturated heterocycles. The van der Waals surface area contributed by atoms with Gasteiger partial charge < -0.3 is 9.84 Å². The largest absolute Gasteiger partial charge is 0.525 e. The summed E-state index contributed by atoms with van der Waals surface area (Å²) >= 11 is 0. The fourth-order valence-electron chi connectivity index (χ4n) is 3.77. The van der Waals surface area contributed by atoms with E-state index in [2.05, 4.69) is 4.28 Å². The minimum Gasteiger partial charge on any atom is -0.478 e. The maximum absolute atomic E-state index is 14.1. The zero-order chi connectivity index (χ0) is 28.2. The summed E-state index contributed by atoms with van der Waals surface area (Å²) in [5.41, 5.74) is -10.5. The Hall–Kier alpha value is -4.37. The number of carbonyl (C=O) groups is 4. The van der Waals surface area contributed by atoms with Gasteiger partial charge in [-0.25, -0.2) is 14.0 Å². The first-order valence-electron chi connectivity index (χ1n) is 10.3. The summed E-state index contributed by atoms with van der Waals surface area (Å²) in [4.78, 5) is 50.2. The molecule has 38 heavy (non-hydrogen) atoms. The van der Waals surface area contributed by atoms with Gasteiger partial charge in [-0.2, -0.15) is 21.6 Å². The van der Waals surface area contributed by atoms with Crippen LogP contribution in [-0.4, -0.2) is 53.4 Å². The van der Waals surface area contributed by atoms with E-state index < -0.39 is 78.1 Å². The Morgan fingerprint density at radius 1 is 1.05 bits per heavy atom. The molecule has 2 aromatic carbocycles. The molecule has 198 valence electrons. The first-order chi connectivity index (χ1) is 17.6. The van der Waals surface area contributed by atoms with Gasteiger partial charge in [-0.05, 0) is 42.8 Å². The SMILES string of the molecule is CC1(OC(=O)c2cccc(F)c2C(=O)O)C=Cc2cccc3c2C(=C1)C(=O)N(OS(=O)(=O)C(F)(F)F)C3=O. The van der Waals surface area contributed by atoms with Crippen molar-refractivity contribution in [3.63, 3.8) is 0 Å². The van der Waals surface area contributed by atoms with Gasteiger partial charge >= 0.3 is 27.6 Å². The molecule has 2 amide bonds. The molecule has 0 fully saturated rings. The molecule has 15 heteroatoms. The molecule has 2 aliphatic rings. The number of ether oxygens (including phenoxy) is 1. The lowest BCUT2D eigenvalue weighted by Gasteiger charge is -2.29. The van der Waals surface area contributed by atoms with Crippen molar-refractivity contribution in [3.05, 3.63) is 82.2 Å². The highest BCUT2D eigenvalue weighted by Gasteiger charge is 2.52. The monoisotopic (exact) mass is 555 g/mol. The Morgan fingerprint density at radius 3 is 2.34 bits per heavy atom. The lowest BCUT2D eigenvalue weighted by Crippen LogP contribution is -2.45. The Kier molecular flexibility index (Phi) is 6.24.